The predicted molar refractivity (Wildman–Crippen MR) is 99.9 cm³/mol. The van der Waals surface area contributed by atoms with Crippen molar-refractivity contribution in [3.05, 3.63) is 53.1 Å². The Balaban J connectivity index is 2.21. The van der Waals surface area contributed by atoms with E-state index in [1.165, 1.54) is 52.5 Å². The number of carbonyl (C=O) groups excluding carboxylic acids is 1. The molecule has 0 atom stereocenters. The molecule has 0 aliphatic heterocycles. The van der Waals surface area contributed by atoms with Gasteiger partial charge >= 0.3 is 6.18 Å². The zero-order valence-electron chi connectivity index (χ0n) is 15.8. The maximum absolute atomic E-state index is 13.0. The smallest absolute Gasteiger partial charge is 0.416 e. The second kappa shape index (κ2) is 8.69. The Kier molecular flexibility index (Phi) is 6.56. The van der Waals surface area contributed by atoms with Crippen LogP contribution in [0.3, 0.4) is 0 Å². The first kappa shape index (κ1) is 21.1. The Labute approximate surface area is 160 Å². The van der Waals surface area contributed by atoms with E-state index in [2.05, 4.69) is 5.32 Å². The Hall–Kier alpha value is -3.16. The molecule has 0 aliphatic carbocycles. The van der Waals surface area contributed by atoms with Crippen LogP contribution in [0.25, 0.3) is 6.08 Å². The van der Waals surface area contributed by atoms with E-state index in [4.69, 9.17) is 14.2 Å². The highest BCUT2D eigenvalue weighted by atomic mass is 19.4. The molecule has 0 heterocycles. The lowest BCUT2D eigenvalue weighted by Crippen LogP contribution is -2.11. The summed E-state index contributed by atoms with van der Waals surface area (Å²) in [6.07, 6.45) is -1.80. The zero-order chi connectivity index (χ0) is 20.9. The van der Waals surface area contributed by atoms with E-state index in [9.17, 15) is 18.0 Å². The van der Waals surface area contributed by atoms with Gasteiger partial charge in [-0.25, -0.2) is 0 Å². The Morgan fingerprint density at radius 1 is 1.00 bits per heavy atom. The Morgan fingerprint density at radius 2 is 1.61 bits per heavy atom. The van der Waals surface area contributed by atoms with E-state index >= 15 is 0 Å². The molecule has 0 radical (unpaired) electrons. The average Bonchev–Trinajstić information content (AvgIpc) is 2.65. The summed E-state index contributed by atoms with van der Waals surface area (Å²) >= 11 is 0. The zero-order valence-corrected chi connectivity index (χ0v) is 15.8. The van der Waals surface area contributed by atoms with Crippen molar-refractivity contribution in [2.45, 2.75) is 13.1 Å². The third kappa shape index (κ3) is 4.97. The number of carbonyl (C=O) groups is 1. The van der Waals surface area contributed by atoms with Gasteiger partial charge in [-0.3, -0.25) is 4.79 Å². The van der Waals surface area contributed by atoms with Crippen LogP contribution < -0.4 is 19.5 Å². The lowest BCUT2D eigenvalue weighted by atomic mass is 10.1. The van der Waals surface area contributed by atoms with Crippen molar-refractivity contribution < 1.29 is 32.2 Å². The number of ether oxygens (including phenoxy) is 3. The normalized spacial score (nSPS) is 11.4. The maximum atomic E-state index is 13.0. The minimum Gasteiger partial charge on any atom is -0.493 e. The number of hydrogen-bond donors (Lipinski definition) is 1. The molecule has 8 heteroatoms. The van der Waals surface area contributed by atoms with Gasteiger partial charge in [-0.05, 0) is 48.4 Å². The van der Waals surface area contributed by atoms with E-state index < -0.39 is 17.6 Å². The molecule has 0 aliphatic rings. The van der Waals surface area contributed by atoms with Crippen LogP contribution in [-0.2, 0) is 11.0 Å². The molecule has 0 spiro atoms. The number of rotatable bonds is 6. The molecule has 2 rings (SSSR count). The number of benzene rings is 2. The van der Waals surface area contributed by atoms with Crippen LogP contribution in [0, 0.1) is 6.92 Å². The number of alkyl halides is 3. The summed E-state index contributed by atoms with van der Waals surface area (Å²) in [7, 11) is 4.40. The van der Waals surface area contributed by atoms with Gasteiger partial charge in [-0.1, -0.05) is 6.07 Å². The molecule has 2 aromatic carbocycles. The van der Waals surface area contributed by atoms with Gasteiger partial charge in [0.25, 0.3) is 0 Å². The Bertz CT molecular complexity index is 867. The molecule has 1 N–H and O–H groups in total. The Morgan fingerprint density at radius 3 is 2.11 bits per heavy atom. The van der Waals surface area contributed by atoms with Gasteiger partial charge in [0.05, 0.1) is 26.9 Å². The van der Waals surface area contributed by atoms with Gasteiger partial charge in [-0.15, -0.1) is 0 Å². The summed E-state index contributed by atoms with van der Waals surface area (Å²) in [5.74, 6) is 0.655. The van der Waals surface area contributed by atoms with Crippen molar-refractivity contribution in [2.75, 3.05) is 26.6 Å². The average molecular weight is 395 g/mol. The van der Waals surface area contributed by atoms with E-state index in [1.54, 1.807) is 12.1 Å². The number of aryl methyl sites for hydroxylation is 1. The molecule has 5 nitrogen and oxygen atoms in total. The summed E-state index contributed by atoms with van der Waals surface area (Å²) in [4.78, 5) is 12.1. The van der Waals surface area contributed by atoms with Gasteiger partial charge in [0.2, 0.25) is 11.7 Å². The molecule has 150 valence electrons. The minimum absolute atomic E-state index is 0.0532. The van der Waals surface area contributed by atoms with Crippen molar-refractivity contribution in [3.63, 3.8) is 0 Å². The first-order valence-electron chi connectivity index (χ1n) is 8.16. The summed E-state index contributed by atoms with van der Waals surface area (Å²) in [6, 6.07) is 6.90. The monoisotopic (exact) mass is 395 g/mol. The molecule has 0 saturated carbocycles. The van der Waals surface area contributed by atoms with Gasteiger partial charge in [0.1, 0.15) is 0 Å². The second-order valence-corrected chi connectivity index (χ2v) is 5.81. The SMILES string of the molecule is COc1cc(/C=C/C(=O)Nc2ccc(C)c(C(F)(F)F)c2)cc(OC)c1OC. The molecular formula is C20H20F3NO4. The number of halogens is 3. The van der Waals surface area contributed by atoms with Crippen LogP contribution in [0.4, 0.5) is 18.9 Å². The van der Waals surface area contributed by atoms with Crippen molar-refractivity contribution in [3.8, 4) is 17.2 Å². The van der Waals surface area contributed by atoms with Gasteiger partial charge in [-0.2, -0.15) is 13.2 Å². The quantitative estimate of drug-likeness (QED) is 0.721. The van der Waals surface area contributed by atoms with E-state index in [0.717, 1.165) is 6.07 Å². The molecule has 0 unspecified atom stereocenters. The van der Waals surface area contributed by atoms with Crippen molar-refractivity contribution in [2.24, 2.45) is 0 Å². The van der Waals surface area contributed by atoms with Crippen LogP contribution in [0.2, 0.25) is 0 Å². The molecular weight excluding hydrogens is 375 g/mol. The summed E-state index contributed by atoms with van der Waals surface area (Å²) in [6.45, 7) is 1.36. The van der Waals surface area contributed by atoms with Crippen molar-refractivity contribution >= 4 is 17.7 Å². The van der Waals surface area contributed by atoms with E-state index in [0.29, 0.717) is 22.8 Å². The standard InChI is InChI=1S/C20H20F3NO4/c1-12-5-7-14(11-15(12)20(21,22)23)24-18(25)8-6-13-9-16(26-2)19(28-4)17(10-13)27-3/h5-11H,1-4H3,(H,24,25)/b8-6+. The topological polar surface area (TPSA) is 56.8 Å². The molecule has 2 aromatic rings. The summed E-state index contributed by atoms with van der Waals surface area (Å²) in [5, 5.41) is 2.42. The largest absolute Gasteiger partial charge is 0.493 e. The lowest BCUT2D eigenvalue weighted by molar-refractivity contribution is -0.138. The lowest BCUT2D eigenvalue weighted by Gasteiger charge is -2.13. The second-order valence-electron chi connectivity index (χ2n) is 5.81. The van der Waals surface area contributed by atoms with Gasteiger partial charge in [0.15, 0.2) is 11.5 Å². The molecule has 0 bridgehead atoms. The molecule has 0 saturated heterocycles. The number of anilines is 1. The fraction of sp³-hybridized carbons (Fsp3) is 0.250. The van der Waals surface area contributed by atoms with Crippen LogP contribution in [0.5, 0.6) is 17.2 Å². The van der Waals surface area contributed by atoms with Gasteiger partial charge < -0.3 is 19.5 Å². The van der Waals surface area contributed by atoms with Crippen LogP contribution in [0.1, 0.15) is 16.7 Å². The van der Waals surface area contributed by atoms with Crippen molar-refractivity contribution in [1.29, 1.82) is 0 Å². The fourth-order valence-electron chi connectivity index (χ4n) is 2.56. The molecule has 1 amide bonds. The summed E-state index contributed by atoms with van der Waals surface area (Å²) < 4.78 is 54.6. The van der Waals surface area contributed by atoms with Crippen LogP contribution in [0.15, 0.2) is 36.4 Å². The van der Waals surface area contributed by atoms with Crippen molar-refractivity contribution in [1.82, 2.24) is 0 Å². The highest BCUT2D eigenvalue weighted by Gasteiger charge is 2.32. The maximum Gasteiger partial charge on any atom is 0.416 e. The highest BCUT2D eigenvalue weighted by molar-refractivity contribution is 6.02. The number of hydrogen-bond acceptors (Lipinski definition) is 4. The van der Waals surface area contributed by atoms with Crippen LogP contribution >= 0.6 is 0 Å². The number of methoxy groups -OCH3 is 3. The fourth-order valence-corrected chi connectivity index (χ4v) is 2.56. The number of nitrogens with one attached hydrogen (secondary N) is 1. The predicted octanol–water partition coefficient (Wildman–Crippen LogP) is 4.69. The third-order valence-corrected chi connectivity index (χ3v) is 3.92. The third-order valence-electron chi connectivity index (χ3n) is 3.92. The first-order valence-corrected chi connectivity index (χ1v) is 8.16. The van der Waals surface area contributed by atoms with Crippen LogP contribution in [-0.4, -0.2) is 27.2 Å². The first-order chi connectivity index (χ1) is 13.2. The van der Waals surface area contributed by atoms with E-state index in [-0.39, 0.29) is 11.3 Å². The highest BCUT2D eigenvalue weighted by Crippen LogP contribution is 2.38. The molecule has 0 aromatic heterocycles. The van der Waals surface area contributed by atoms with E-state index in [1.807, 2.05) is 0 Å². The minimum atomic E-state index is -4.49. The molecule has 0 fully saturated rings. The molecule has 28 heavy (non-hydrogen) atoms. The number of amides is 1. The summed E-state index contributed by atoms with van der Waals surface area (Å²) in [5.41, 5.74) is -0.0700. The van der Waals surface area contributed by atoms with Gasteiger partial charge in [0, 0.05) is 11.8 Å².